The summed E-state index contributed by atoms with van der Waals surface area (Å²) in [5.74, 6) is -0.637. The molecule has 2 aromatic rings. The van der Waals surface area contributed by atoms with E-state index in [9.17, 15) is 21.6 Å². The second-order valence-corrected chi connectivity index (χ2v) is 9.75. The lowest BCUT2D eigenvalue weighted by molar-refractivity contribution is 0.102. The first kappa shape index (κ1) is 21.2. The lowest BCUT2D eigenvalue weighted by Crippen LogP contribution is -2.20. The lowest BCUT2D eigenvalue weighted by atomic mass is 10.1. The van der Waals surface area contributed by atoms with E-state index in [1.54, 1.807) is 19.1 Å². The largest absolute Gasteiger partial charge is 0.322 e. The van der Waals surface area contributed by atoms with Crippen LogP contribution in [0.15, 0.2) is 41.3 Å². The highest BCUT2D eigenvalue weighted by atomic mass is 35.5. The Bertz CT molecular complexity index is 1100. The lowest BCUT2D eigenvalue weighted by Gasteiger charge is -2.12. The molecule has 0 spiro atoms. The van der Waals surface area contributed by atoms with Gasteiger partial charge in [-0.15, -0.1) is 0 Å². The van der Waals surface area contributed by atoms with Crippen LogP contribution in [0, 0.1) is 6.92 Å². The summed E-state index contributed by atoms with van der Waals surface area (Å²) in [6.45, 7) is 1.71. The van der Waals surface area contributed by atoms with Gasteiger partial charge in [0.15, 0.2) is 0 Å². The first-order chi connectivity index (χ1) is 12.4. The van der Waals surface area contributed by atoms with Crippen LogP contribution in [0.4, 0.5) is 11.4 Å². The van der Waals surface area contributed by atoms with Crippen LogP contribution >= 0.6 is 11.6 Å². The molecule has 146 valence electrons. The van der Waals surface area contributed by atoms with Crippen LogP contribution in [0.1, 0.15) is 15.9 Å². The molecule has 0 aliphatic heterocycles. The van der Waals surface area contributed by atoms with E-state index in [0.29, 0.717) is 16.9 Å². The molecule has 0 radical (unpaired) electrons. The van der Waals surface area contributed by atoms with Crippen molar-refractivity contribution in [2.75, 3.05) is 23.3 Å². The zero-order valence-corrected chi connectivity index (χ0v) is 17.1. The molecule has 0 heterocycles. The number of hydrogen-bond acceptors (Lipinski definition) is 5. The third-order valence-corrected chi connectivity index (χ3v) is 5.88. The molecule has 3 N–H and O–H groups in total. The summed E-state index contributed by atoms with van der Waals surface area (Å²) in [4.78, 5) is 12.4. The Labute approximate surface area is 163 Å². The first-order valence-corrected chi connectivity index (χ1v) is 11.3. The van der Waals surface area contributed by atoms with Crippen molar-refractivity contribution in [1.82, 2.24) is 4.72 Å². The first-order valence-electron chi connectivity index (χ1n) is 7.56. The van der Waals surface area contributed by atoms with Gasteiger partial charge < -0.3 is 5.32 Å². The molecule has 0 saturated carbocycles. The van der Waals surface area contributed by atoms with Gasteiger partial charge in [-0.1, -0.05) is 17.7 Å². The molecule has 0 aliphatic rings. The van der Waals surface area contributed by atoms with Crippen LogP contribution in [0.5, 0.6) is 0 Å². The van der Waals surface area contributed by atoms with Crippen molar-refractivity contribution in [1.29, 1.82) is 0 Å². The number of sulfonamides is 2. The van der Waals surface area contributed by atoms with E-state index in [2.05, 4.69) is 14.8 Å². The molecule has 2 aromatic carbocycles. The molecule has 0 atom stereocenters. The Morgan fingerprint density at radius 3 is 2.30 bits per heavy atom. The average molecular weight is 432 g/mol. The highest BCUT2D eigenvalue weighted by Gasteiger charge is 2.18. The van der Waals surface area contributed by atoms with Gasteiger partial charge in [-0.3, -0.25) is 9.52 Å². The van der Waals surface area contributed by atoms with Crippen molar-refractivity contribution < 1.29 is 21.6 Å². The Hall–Kier alpha value is -2.14. The molecule has 0 aliphatic carbocycles. The molecule has 1 amide bonds. The maximum atomic E-state index is 12.5. The zero-order valence-electron chi connectivity index (χ0n) is 14.7. The highest BCUT2D eigenvalue weighted by Crippen LogP contribution is 2.24. The molecule has 8 nitrogen and oxygen atoms in total. The number of carbonyl (C=O) groups is 1. The number of hydrogen-bond donors (Lipinski definition) is 3. The van der Waals surface area contributed by atoms with Crippen LogP contribution in [-0.4, -0.2) is 36.0 Å². The van der Waals surface area contributed by atoms with Crippen molar-refractivity contribution in [3.63, 3.8) is 0 Å². The Morgan fingerprint density at radius 2 is 1.70 bits per heavy atom. The summed E-state index contributed by atoms with van der Waals surface area (Å²) in [6.07, 6.45) is 1.02. The molecule has 0 fully saturated rings. The van der Waals surface area contributed by atoms with Gasteiger partial charge >= 0.3 is 0 Å². The summed E-state index contributed by atoms with van der Waals surface area (Å²) < 4.78 is 51.2. The van der Waals surface area contributed by atoms with Crippen LogP contribution in [-0.2, 0) is 20.0 Å². The Balaban J connectivity index is 2.35. The highest BCUT2D eigenvalue weighted by molar-refractivity contribution is 7.92. The molecule has 0 bridgehead atoms. The standard InChI is InChI=1S/C16H18ClN3O5S2/c1-10-4-5-11(8-15(10)20-26(3,22)23)19-16(21)13-9-12(6-7-14(13)17)27(24,25)18-2/h4-9,18,20H,1-3H3,(H,19,21). The quantitative estimate of drug-likeness (QED) is 0.647. The van der Waals surface area contributed by atoms with Crippen LogP contribution in [0.3, 0.4) is 0 Å². The number of halogens is 1. The van der Waals surface area contributed by atoms with E-state index in [0.717, 1.165) is 12.3 Å². The molecule has 0 saturated heterocycles. The van der Waals surface area contributed by atoms with E-state index in [1.165, 1.54) is 25.2 Å². The minimum Gasteiger partial charge on any atom is -0.322 e. The van der Waals surface area contributed by atoms with Crippen molar-refractivity contribution in [3.8, 4) is 0 Å². The number of rotatable bonds is 6. The minimum atomic E-state index is -3.74. The molecule has 0 aromatic heterocycles. The Kier molecular flexibility index (Phi) is 6.15. The second-order valence-electron chi connectivity index (χ2n) is 5.71. The normalized spacial score (nSPS) is 11.9. The summed E-state index contributed by atoms with van der Waals surface area (Å²) in [7, 11) is -5.97. The van der Waals surface area contributed by atoms with Crippen LogP contribution < -0.4 is 14.8 Å². The predicted molar refractivity (Wildman–Crippen MR) is 105 cm³/mol. The number of amides is 1. The van der Waals surface area contributed by atoms with Crippen LogP contribution in [0.25, 0.3) is 0 Å². The van der Waals surface area contributed by atoms with Gasteiger partial charge in [-0.2, -0.15) is 0 Å². The number of carbonyl (C=O) groups excluding carboxylic acids is 1. The Morgan fingerprint density at radius 1 is 1.04 bits per heavy atom. The third-order valence-electron chi connectivity index (χ3n) is 3.55. The van der Waals surface area contributed by atoms with E-state index >= 15 is 0 Å². The smallest absolute Gasteiger partial charge is 0.257 e. The van der Waals surface area contributed by atoms with E-state index < -0.39 is 26.0 Å². The van der Waals surface area contributed by atoms with Crippen molar-refractivity contribution in [2.24, 2.45) is 0 Å². The minimum absolute atomic E-state index is 0.0359. The SMILES string of the molecule is CNS(=O)(=O)c1ccc(Cl)c(C(=O)Nc2ccc(C)c(NS(C)(=O)=O)c2)c1. The average Bonchev–Trinajstić information content (AvgIpc) is 2.56. The van der Waals surface area contributed by atoms with E-state index in [-0.39, 0.29) is 15.5 Å². The summed E-state index contributed by atoms with van der Waals surface area (Å²) in [5.41, 5.74) is 1.26. The molecular formula is C16H18ClN3O5S2. The number of benzene rings is 2. The maximum Gasteiger partial charge on any atom is 0.257 e. The fourth-order valence-electron chi connectivity index (χ4n) is 2.17. The summed E-state index contributed by atoms with van der Waals surface area (Å²) in [5, 5.41) is 2.65. The second kappa shape index (κ2) is 7.85. The third kappa shape index (κ3) is 5.42. The van der Waals surface area contributed by atoms with Gasteiger partial charge in [0.2, 0.25) is 20.0 Å². The number of nitrogens with one attached hydrogen (secondary N) is 3. The molecule has 27 heavy (non-hydrogen) atoms. The van der Waals surface area contributed by atoms with Gasteiger partial charge in [0, 0.05) is 5.69 Å². The van der Waals surface area contributed by atoms with E-state index in [1.807, 2.05) is 0 Å². The molecule has 2 rings (SSSR count). The fraction of sp³-hybridized carbons (Fsp3) is 0.188. The van der Waals surface area contributed by atoms with Gasteiger partial charge in [-0.25, -0.2) is 21.6 Å². The molecule has 11 heteroatoms. The van der Waals surface area contributed by atoms with E-state index in [4.69, 9.17) is 11.6 Å². The fourth-order valence-corrected chi connectivity index (χ4v) is 3.75. The van der Waals surface area contributed by atoms with Crippen LogP contribution in [0.2, 0.25) is 5.02 Å². The topological polar surface area (TPSA) is 121 Å². The van der Waals surface area contributed by atoms with Gasteiger partial charge in [0.25, 0.3) is 5.91 Å². The van der Waals surface area contributed by atoms with Crippen molar-refractivity contribution in [3.05, 3.63) is 52.5 Å². The number of aryl methyl sites for hydroxylation is 1. The zero-order chi connectivity index (χ0) is 20.4. The maximum absolute atomic E-state index is 12.5. The predicted octanol–water partition coefficient (Wildman–Crippen LogP) is 2.18. The summed E-state index contributed by atoms with van der Waals surface area (Å²) >= 11 is 6.03. The monoisotopic (exact) mass is 431 g/mol. The van der Waals surface area contributed by atoms with Gasteiger partial charge in [0.1, 0.15) is 0 Å². The van der Waals surface area contributed by atoms with Crippen molar-refractivity contribution in [2.45, 2.75) is 11.8 Å². The summed E-state index contributed by atoms with van der Waals surface area (Å²) in [6, 6.07) is 8.43. The molecular weight excluding hydrogens is 414 g/mol. The van der Waals surface area contributed by atoms with Crippen molar-refractivity contribution >= 4 is 48.9 Å². The molecule has 0 unspecified atom stereocenters. The number of anilines is 2. The van der Waals surface area contributed by atoms with Gasteiger partial charge in [0.05, 0.1) is 27.4 Å². The van der Waals surface area contributed by atoms with Gasteiger partial charge in [-0.05, 0) is 49.9 Å².